The van der Waals surface area contributed by atoms with Crippen LogP contribution in [0.2, 0.25) is 0 Å². The lowest BCUT2D eigenvalue weighted by molar-refractivity contribution is 0.648. The molecule has 0 aliphatic heterocycles. The van der Waals surface area contributed by atoms with Crippen molar-refractivity contribution in [2.75, 3.05) is 0 Å². The number of rotatable bonds is 3. The molecule has 96 valence electrons. The summed E-state index contributed by atoms with van der Waals surface area (Å²) in [6.45, 7) is 6.24. The van der Waals surface area contributed by atoms with Crippen molar-refractivity contribution in [3.05, 3.63) is 52.6 Å². The lowest BCUT2D eigenvalue weighted by atomic mass is 10.0. The molecular weight excluding hydrogens is 222 g/mol. The SMILES string of the molecule is Cc1cc(C)cc(CC(N)c2cnc(C)n2C)c1. The third kappa shape index (κ3) is 2.62. The molecule has 0 saturated heterocycles. The molecular formula is C15H21N3. The van der Waals surface area contributed by atoms with Crippen molar-refractivity contribution in [3.63, 3.8) is 0 Å². The highest BCUT2D eigenvalue weighted by Crippen LogP contribution is 2.18. The number of aryl methyl sites for hydroxylation is 3. The fourth-order valence-electron chi connectivity index (χ4n) is 2.41. The van der Waals surface area contributed by atoms with Crippen LogP contribution in [0.4, 0.5) is 0 Å². The van der Waals surface area contributed by atoms with Crippen molar-refractivity contribution in [2.24, 2.45) is 12.8 Å². The zero-order chi connectivity index (χ0) is 13.3. The minimum atomic E-state index is -0.00241. The summed E-state index contributed by atoms with van der Waals surface area (Å²) in [6.07, 6.45) is 2.73. The van der Waals surface area contributed by atoms with Crippen LogP contribution in [-0.4, -0.2) is 9.55 Å². The molecule has 0 aliphatic rings. The van der Waals surface area contributed by atoms with Gasteiger partial charge in [0.2, 0.25) is 0 Å². The molecule has 0 amide bonds. The van der Waals surface area contributed by atoms with Gasteiger partial charge < -0.3 is 10.3 Å². The molecule has 2 N–H and O–H groups in total. The van der Waals surface area contributed by atoms with E-state index in [0.717, 1.165) is 17.9 Å². The van der Waals surface area contributed by atoms with Gasteiger partial charge in [-0.25, -0.2) is 4.98 Å². The quantitative estimate of drug-likeness (QED) is 0.900. The molecule has 0 bridgehead atoms. The van der Waals surface area contributed by atoms with Gasteiger partial charge in [-0.3, -0.25) is 0 Å². The standard InChI is InChI=1S/C15H21N3/c1-10-5-11(2)7-13(6-10)8-14(16)15-9-17-12(3)18(15)4/h5-7,9,14H,8,16H2,1-4H3. The molecule has 2 rings (SSSR count). The zero-order valence-electron chi connectivity index (χ0n) is 11.6. The second kappa shape index (κ2) is 4.94. The van der Waals surface area contributed by atoms with Crippen molar-refractivity contribution in [3.8, 4) is 0 Å². The number of hydrogen-bond acceptors (Lipinski definition) is 2. The minimum Gasteiger partial charge on any atom is -0.334 e. The maximum atomic E-state index is 6.28. The van der Waals surface area contributed by atoms with E-state index in [1.54, 1.807) is 0 Å². The van der Waals surface area contributed by atoms with Crippen LogP contribution in [0.1, 0.15) is 34.3 Å². The molecule has 0 saturated carbocycles. The lowest BCUT2D eigenvalue weighted by Gasteiger charge is -2.14. The van der Waals surface area contributed by atoms with Gasteiger partial charge >= 0.3 is 0 Å². The summed E-state index contributed by atoms with van der Waals surface area (Å²) < 4.78 is 2.06. The predicted molar refractivity (Wildman–Crippen MR) is 74.5 cm³/mol. The maximum absolute atomic E-state index is 6.28. The summed E-state index contributed by atoms with van der Waals surface area (Å²) in [5, 5.41) is 0. The summed E-state index contributed by atoms with van der Waals surface area (Å²) in [7, 11) is 2.01. The fourth-order valence-corrected chi connectivity index (χ4v) is 2.41. The second-order valence-corrected chi connectivity index (χ2v) is 5.10. The third-order valence-electron chi connectivity index (χ3n) is 3.37. The van der Waals surface area contributed by atoms with E-state index in [4.69, 9.17) is 5.73 Å². The lowest BCUT2D eigenvalue weighted by Crippen LogP contribution is -2.17. The van der Waals surface area contributed by atoms with Gasteiger partial charge in [0.25, 0.3) is 0 Å². The first-order valence-corrected chi connectivity index (χ1v) is 6.28. The van der Waals surface area contributed by atoms with Crippen LogP contribution in [0.15, 0.2) is 24.4 Å². The Morgan fingerprint density at radius 2 is 1.78 bits per heavy atom. The number of hydrogen-bond donors (Lipinski definition) is 1. The van der Waals surface area contributed by atoms with Crippen LogP contribution < -0.4 is 5.73 Å². The van der Waals surface area contributed by atoms with E-state index in [2.05, 4.69) is 41.6 Å². The van der Waals surface area contributed by atoms with Crippen molar-refractivity contribution in [2.45, 2.75) is 33.2 Å². The molecule has 18 heavy (non-hydrogen) atoms. The van der Waals surface area contributed by atoms with Gasteiger partial charge in [-0.2, -0.15) is 0 Å². The van der Waals surface area contributed by atoms with Gasteiger partial charge in [-0.1, -0.05) is 29.3 Å². The molecule has 0 spiro atoms. The van der Waals surface area contributed by atoms with Crippen LogP contribution in [0, 0.1) is 20.8 Å². The largest absolute Gasteiger partial charge is 0.334 e. The van der Waals surface area contributed by atoms with Gasteiger partial charge in [0.15, 0.2) is 0 Å². The van der Waals surface area contributed by atoms with Gasteiger partial charge in [-0.15, -0.1) is 0 Å². The smallest absolute Gasteiger partial charge is 0.105 e. The number of imidazole rings is 1. The number of nitrogens with two attached hydrogens (primary N) is 1. The highest BCUT2D eigenvalue weighted by Gasteiger charge is 2.12. The van der Waals surface area contributed by atoms with Gasteiger partial charge in [-0.05, 0) is 32.8 Å². The molecule has 1 unspecified atom stereocenters. The molecule has 2 aromatic rings. The van der Waals surface area contributed by atoms with Crippen molar-refractivity contribution < 1.29 is 0 Å². The van der Waals surface area contributed by atoms with E-state index in [1.165, 1.54) is 16.7 Å². The summed E-state index contributed by atoms with van der Waals surface area (Å²) >= 11 is 0. The number of benzene rings is 1. The average molecular weight is 243 g/mol. The Balaban J connectivity index is 2.21. The van der Waals surface area contributed by atoms with Gasteiger partial charge in [0.1, 0.15) is 5.82 Å². The summed E-state index contributed by atoms with van der Waals surface area (Å²) in [5.41, 5.74) is 11.2. The van der Waals surface area contributed by atoms with Gasteiger partial charge in [0.05, 0.1) is 17.9 Å². The average Bonchev–Trinajstić information content (AvgIpc) is 2.58. The third-order valence-corrected chi connectivity index (χ3v) is 3.37. The van der Waals surface area contributed by atoms with E-state index in [9.17, 15) is 0 Å². The van der Waals surface area contributed by atoms with Crippen molar-refractivity contribution in [1.29, 1.82) is 0 Å². The monoisotopic (exact) mass is 243 g/mol. The minimum absolute atomic E-state index is 0.00241. The molecule has 3 heteroatoms. The second-order valence-electron chi connectivity index (χ2n) is 5.10. The number of aromatic nitrogens is 2. The molecule has 0 aliphatic carbocycles. The Hall–Kier alpha value is -1.61. The Labute approximate surface area is 109 Å². The number of nitrogens with zero attached hydrogens (tertiary/aromatic N) is 2. The van der Waals surface area contributed by atoms with E-state index in [1.807, 2.05) is 20.2 Å². The van der Waals surface area contributed by atoms with Gasteiger partial charge in [0, 0.05) is 7.05 Å². The molecule has 1 heterocycles. The summed E-state index contributed by atoms with van der Waals surface area (Å²) in [6, 6.07) is 6.59. The Bertz CT molecular complexity index is 535. The fraction of sp³-hybridized carbons (Fsp3) is 0.400. The van der Waals surface area contributed by atoms with E-state index >= 15 is 0 Å². The van der Waals surface area contributed by atoms with Crippen LogP contribution in [0.3, 0.4) is 0 Å². The molecule has 1 aromatic heterocycles. The van der Waals surface area contributed by atoms with Crippen LogP contribution in [-0.2, 0) is 13.5 Å². The first-order valence-electron chi connectivity index (χ1n) is 6.28. The zero-order valence-corrected chi connectivity index (χ0v) is 11.6. The molecule has 1 aromatic carbocycles. The molecule has 1 atom stereocenters. The van der Waals surface area contributed by atoms with Crippen LogP contribution >= 0.6 is 0 Å². The molecule has 3 nitrogen and oxygen atoms in total. The summed E-state index contributed by atoms with van der Waals surface area (Å²) in [5.74, 6) is 1.00. The van der Waals surface area contributed by atoms with Crippen molar-refractivity contribution in [1.82, 2.24) is 9.55 Å². The van der Waals surface area contributed by atoms with E-state index in [-0.39, 0.29) is 6.04 Å². The van der Waals surface area contributed by atoms with Crippen LogP contribution in [0.25, 0.3) is 0 Å². The highest BCUT2D eigenvalue weighted by atomic mass is 15.1. The normalized spacial score (nSPS) is 12.7. The first kappa shape index (κ1) is 12.8. The van der Waals surface area contributed by atoms with E-state index < -0.39 is 0 Å². The molecule has 0 fully saturated rings. The van der Waals surface area contributed by atoms with E-state index in [0.29, 0.717) is 0 Å². The Kier molecular flexibility index (Phi) is 3.53. The first-order chi connectivity index (χ1) is 8.47. The Morgan fingerprint density at radius 3 is 2.28 bits per heavy atom. The predicted octanol–water partition coefficient (Wildman–Crippen LogP) is 2.59. The topological polar surface area (TPSA) is 43.8 Å². The van der Waals surface area contributed by atoms with Crippen molar-refractivity contribution >= 4 is 0 Å². The summed E-state index contributed by atoms with van der Waals surface area (Å²) in [4.78, 5) is 4.30. The molecule has 0 radical (unpaired) electrons. The Morgan fingerprint density at radius 1 is 1.17 bits per heavy atom. The highest BCUT2D eigenvalue weighted by molar-refractivity contribution is 5.29. The van der Waals surface area contributed by atoms with Crippen LogP contribution in [0.5, 0.6) is 0 Å². The maximum Gasteiger partial charge on any atom is 0.105 e.